The van der Waals surface area contributed by atoms with Crippen LogP contribution >= 0.6 is 0 Å². The van der Waals surface area contributed by atoms with Crippen molar-refractivity contribution < 1.29 is 14.1 Å². The second-order valence-corrected chi connectivity index (χ2v) is 3.92. The van der Waals surface area contributed by atoms with Gasteiger partial charge in [-0.15, -0.1) is 0 Å². The number of esters is 1. The summed E-state index contributed by atoms with van der Waals surface area (Å²) in [7, 11) is 3.85. The first kappa shape index (κ1) is 13.5. The predicted molar refractivity (Wildman–Crippen MR) is 67.3 cm³/mol. The first-order valence-corrected chi connectivity index (χ1v) is 5.77. The van der Waals surface area contributed by atoms with Crippen molar-refractivity contribution in [2.75, 3.05) is 6.61 Å². The Balaban J connectivity index is 2.76. The van der Waals surface area contributed by atoms with Gasteiger partial charge in [-0.1, -0.05) is 19.6 Å². The first-order valence-electron chi connectivity index (χ1n) is 5.77. The molecule has 0 fully saturated rings. The van der Waals surface area contributed by atoms with E-state index in [-0.39, 0.29) is 11.8 Å². The van der Waals surface area contributed by atoms with Crippen molar-refractivity contribution in [1.29, 1.82) is 0 Å². The number of hydrogen-bond donors (Lipinski definition) is 0. The summed E-state index contributed by atoms with van der Waals surface area (Å²) in [6.45, 7) is 8.50. The molecule has 0 aliphatic carbocycles. The number of nitrogens with zero attached hydrogens (tertiary/aromatic N) is 2. The minimum atomic E-state index is -0.250. The molecule has 1 atom stereocenters. The molecule has 0 saturated carbocycles. The smallest absolute Gasteiger partial charge is 0.301 e. The molecule has 0 aromatic carbocycles. The average molecular weight is 234 g/mol. The molecule has 1 rings (SSSR count). The molecule has 0 bridgehead atoms. The Morgan fingerprint density at radius 3 is 3.06 bits per heavy atom. The van der Waals surface area contributed by atoms with Crippen LogP contribution in [0.3, 0.4) is 0 Å². The van der Waals surface area contributed by atoms with Gasteiger partial charge in [0.05, 0.1) is 13.7 Å². The minimum absolute atomic E-state index is 0.196. The molecule has 1 aromatic rings. The summed E-state index contributed by atoms with van der Waals surface area (Å²) in [6, 6.07) is 0. The van der Waals surface area contributed by atoms with Gasteiger partial charge in [-0.25, -0.2) is 9.13 Å². The summed E-state index contributed by atoms with van der Waals surface area (Å²) in [5.74, 6) is -0.446. The molecule has 5 heteroatoms. The largest absolute Gasteiger partial charge is 0.466 e. The first-order chi connectivity index (χ1) is 8.10. The third kappa shape index (κ3) is 3.48. The van der Waals surface area contributed by atoms with E-state index in [1.54, 1.807) is 0 Å². The molecule has 17 heavy (non-hydrogen) atoms. The van der Waals surface area contributed by atoms with E-state index in [9.17, 15) is 4.79 Å². The monoisotopic (exact) mass is 234 g/mol. The Labute approximate surface area is 103 Å². The number of ether oxygens (including phenoxy) is 1. The second kappa shape index (κ2) is 6.28. The highest BCUT2D eigenvalue weighted by atomic mass is 16.5. The van der Waals surface area contributed by atoms with Gasteiger partial charge in [-0.3, -0.25) is 4.79 Å². The number of imidazole rings is 1. The van der Waals surface area contributed by atoms with Crippen LogP contribution in [0.2, 0.25) is 5.82 Å². The van der Waals surface area contributed by atoms with E-state index >= 15 is 0 Å². The van der Waals surface area contributed by atoms with Crippen LogP contribution in [0.1, 0.15) is 13.8 Å². The van der Waals surface area contributed by atoms with E-state index in [1.807, 2.05) is 55.8 Å². The molecule has 0 N–H and O–H groups in total. The third-order valence-electron chi connectivity index (χ3n) is 2.51. The van der Waals surface area contributed by atoms with Gasteiger partial charge in [0.15, 0.2) is 5.72 Å². The van der Waals surface area contributed by atoms with Crippen LogP contribution in [0.5, 0.6) is 0 Å². The molecule has 1 aromatic heterocycles. The lowest BCUT2D eigenvalue weighted by molar-refractivity contribution is -0.653. The number of hydrogen-bond acceptors (Lipinski definition) is 2. The van der Waals surface area contributed by atoms with Gasteiger partial charge >= 0.3 is 5.97 Å². The van der Waals surface area contributed by atoms with Crippen molar-refractivity contribution in [3.63, 3.8) is 0 Å². The predicted octanol–water partition coefficient (Wildman–Crippen LogP) is 0.200. The van der Waals surface area contributed by atoms with Gasteiger partial charge in [-0.05, 0) is 6.92 Å². The number of rotatable bonds is 6. The van der Waals surface area contributed by atoms with Crippen molar-refractivity contribution >= 4 is 19.0 Å². The molecule has 1 radical (unpaired) electrons. The summed E-state index contributed by atoms with van der Waals surface area (Å²) in [5.41, 5.74) is 0.977. The molecular formula is C12H19BN2O2+. The van der Waals surface area contributed by atoms with E-state index in [0.29, 0.717) is 6.61 Å². The van der Waals surface area contributed by atoms with Crippen LogP contribution in [-0.2, 0) is 23.1 Å². The Kier molecular flexibility index (Phi) is 5.00. The number of aryl methyl sites for hydroxylation is 1. The van der Waals surface area contributed by atoms with Gasteiger partial charge in [-0.2, -0.15) is 0 Å². The molecule has 1 unspecified atom stereocenters. The number of aromatic nitrogens is 2. The normalized spacial score (nSPS) is 11.9. The lowest BCUT2D eigenvalue weighted by Crippen LogP contribution is -2.51. The Hall–Kier alpha value is -1.52. The topological polar surface area (TPSA) is 35.1 Å². The van der Waals surface area contributed by atoms with Gasteiger partial charge in [0.2, 0.25) is 0 Å². The van der Waals surface area contributed by atoms with E-state index in [4.69, 9.17) is 4.74 Å². The third-order valence-corrected chi connectivity index (χ3v) is 2.51. The van der Waals surface area contributed by atoms with Gasteiger partial charge in [0.1, 0.15) is 18.9 Å². The Morgan fingerprint density at radius 2 is 2.47 bits per heavy atom. The fraction of sp³-hybridized carbons (Fsp3) is 0.500. The van der Waals surface area contributed by atoms with Crippen molar-refractivity contribution in [3.8, 4) is 0 Å². The van der Waals surface area contributed by atoms with E-state index < -0.39 is 0 Å². The highest BCUT2D eigenvalue weighted by Gasteiger charge is 2.24. The fourth-order valence-corrected chi connectivity index (χ4v) is 1.61. The molecular weight excluding hydrogens is 215 g/mol. The van der Waals surface area contributed by atoms with Crippen LogP contribution in [0.4, 0.5) is 0 Å². The van der Waals surface area contributed by atoms with Gasteiger partial charge < -0.3 is 4.74 Å². The van der Waals surface area contributed by atoms with Gasteiger partial charge in [0, 0.05) is 5.82 Å². The summed E-state index contributed by atoms with van der Waals surface area (Å²) < 4.78 is 8.99. The minimum Gasteiger partial charge on any atom is -0.466 e. The Morgan fingerprint density at radius 1 is 1.76 bits per heavy atom. The zero-order chi connectivity index (χ0) is 12.8. The van der Waals surface area contributed by atoms with E-state index in [0.717, 1.165) is 12.3 Å². The summed E-state index contributed by atoms with van der Waals surface area (Å²) in [5, 5.41) is 0. The van der Waals surface area contributed by atoms with E-state index in [2.05, 4.69) is 6.58 Å². The molecule has 0 aliphatic heterocycles. The maximum absolute atomic E-state index is 11.6. The van der Waals surface area contributed by atoms with Crippen molar-refractivity contribution in [1.82, 2.24) is 4.57 Å². The zero-order valence-corrected chi connectivity index (χ0v) is 10.7. The summed E-state index contributed by atoms with van der Waals surface area (Å²) in [4.78, 5) is 11.6. The van der Waals surface area contributed by atoms with E-state index in [1.165, 1.54) is 0 Å². The lowest BCUT2D eigenvalue weighted by Gasteiger charge is -2.08. The molecule has 1 heterocycles. The quantitative estimate of drug-likeness (QED) is 0.305. The lowest BCUT2D eigenvalue weighted by atomic mass is 9.64. The van der Waals surface area contributed by atoms with Crippen molar-refractivity contribution in [2.45, 2.75) is 26.2 Å². The maximum Gasteiger partial charge on any atom is 0.301 e. The SMILES string of the molecule is C=CCn1cc[n+](C)c1[B]C(C)C(=O)OCC. The average Bonchev–Trinajstić information content (AvgIpc) is 2.62. The van der Waals surface area contributed by atoms with Gasteiger partial charge in [0.25, 0.3) is 7.28 Å². The van der Waals surface area contributed by atoms with Crippen LogP contribution < -0.4 is 10.3 Å². The molecule has 0 amide bonds. The Bertz CT molecular complexity index is 401. The standard InChI is InChI=1S/C12H19BN2O2/c1-5-7-15-9-8-14(4)12(15)13-10(3)11(16)17-6-2/h5,8-10H,1,6-7H2,2-4H3/q+1. The maximum atomic E-state index is 11.6. The highest BCUT2D eigenvalue weighted by molar-refractivity contribution is 6.56. The number of carbonyl (C=O) groups is 1. The highest BCUT2D eigenvalue weighted by Crippen LogP contribution is 2.03. The van der Waals surface area contributed by atoms with Crippen molar-refractivity contribution in [2.24, 2.45) is 7.05 Å². The second-order valence-electron chi connectivity index (χ2n) is 3.92. The van der Waals surface area contributed by atoms with Crippen LogP contribution in [-0.4, -0.2) is 24.4 Å². The molecule has 0 saturated heterocycles. The zero-order valence-electron chi connectivity index (χ0n) is 10.7. The van der Waals surface area contributed by atoms with Crippen molar-refractivity contribution in [3.05, 3.63) is 25.0 Å². The van der Waals surface area contributed by atoms with Crippen LogP contribution in [0.25, 0.3) is 0 Å². The fourth-order valence-electron chi connectivity index (χ4n) is 1.61. The molecule has 91 valence electrons. The molecule has 0 aliphatic rings. The van der Waals surface area contributed by atoms with Crippen LogP contribution in [0.15, 0.2) is 25.0 Å². The summed E-state index contributed by atoms with van der Waals surface area (Å²) >= 11 is 0. The summed E-state index contributed by atoms with van der Waals surface area (Å²) in [6.07, 6.45) is 5.74. The van der Waals surface area contributed by atoms with Crippen LogP contribution in [0, 0.1) is 0 Å². The molecule has 4 nitrogen and oxygen atoms in total. The number of allylic oxidation sites excluding steroid dienone is 1. The molecule has 0 spiro atoms. The number of carbonyl (C=O) groups excluding carboxylic acids is 1.